The molecule has 0 N–H and O–H groups in total. The number of halogens is 10. The lowest BCUT2D eigenvalue weighted by Gasteiger charge is -2.24. The topological polar surface area (TPSA) is 9.23 Å². The van der Waals surface area contributed by atoms with Crippen LogP contribution in [0, 0.1) is 62.6 Å². The molecule has 0 aliphatic heterocycles. The monoisotopic (exact) mass is 466 g/mol. The van der Waals surface area contributed by atoms with Crippen molar-refractivity contribution in [2.75, 3.05) is 0 Å². The smallest absolute Gasteiger partial charge is 0.352 e. The zero-order valence-electron chi connectivity index (χ0n) is 15.2. The maximum absolute atomic E-state index is 14.5. The molecular formula is C16H12F10OSi2. The molecule has 0 atom stereocenters. The molecule has 160 valence electrons. The number of hydrogen-bond donors (Lipinski definition) is 0. The summed E-state index contributed by atoms with van der Waals surface area (Å²) in [6.07, 6.45) is 0. The Morgan fingerprint density at radius 1 is 0.448 bits per heavy atom. The van der Waals surface area contributed by atoms with E-state index in [2.05, 4.69) is 4.12 Å². The molecule has 0 heterocycles. The summed E-state index contributed by atoms with van der Waals surface area (Å²) < 4.78 is 144. The quantitative estimate of drug-likeness (QED) is 0.276. The normalized spacial score (nSPS) is 12.6. The lowest BCUT2D eigenvalue weighted by Crippen LogP contribution is -2.58. The van der Waals surface area contributed by atoms with Gasteiger partial charge < -0.3 is 4.12 Å². The second kappa shape index (κ2) is 7.43. The summed E-state index contributed by atoms with van der Waals surface area (Å²) in [7, 11) is -14.0. The Morgan fingerprint density at radius 3 is 1.00 bits per heavy atom. The van der Waals surface area contributed by atoms with E-state index in [0.717, 1.165) is 27.7 Å². The second-order valence-corrected chi connectivity index (χ2v) is 10.2. The number of hydrogen-bond acceptors (Lipinski definition) is 1. The molecule has 0 radical (unpaired) electrons. The van der Waals surface area contributed by atoms with E-state index in [4.69, 9.17) is 0 Å². The molecule has 0 saturated carbocycles. The molecule has 0 saturated heterocycles. The standard InChI is InChI=1S/C16H12F10OSi2/c1-5-7(3)15(13(21)11(19)9(5)17)28(23,24)27-29(25,26)16-8(4)6(2)10(18)12(20)14(16)22/h1-4H3. The van der Waals surface area contributed by atoms with Crippen LogP contribution in [0.25, 0.3) is 0 Å². The van der Waals surface area contributed by atoms with Gasteiger partial charge in [-0.2, -0.15) is 0 Å². The van der Waals surface area contributed by atoms with Gasteiger partial charge in [0.2, 0.25) is 0 Å². The fourth-order valence-electron chi connectivity index (χ4n) is 2.73. The van der Waals surface area contributed by atoms with Crippen molar-refractivity contribution in [2.45, 2.75) is 27.7 Å². The van der Waals surface area contributed by atoms with E-state index >= 15 is 0 Å². The van der Waals surface area contributed by atoms with E-state index < -0.39 is 85.5 Å². The molecule has 29 heavy (non-hydrogen) atoms. The van der Waals surface area contributed by atoms with E-state index in [1.165, 1.54) is 0 Å². The summed E-state index contributed by atoms with van der Waals surface area (Å²) in [4.78, 5) is 0. The minimum atomic E-state index is -7.02. The van der Waals surface area contributed by atoms with Crippen LogP contribution in [0.1, 0.15) is 22.3 Å². The van der Waals surface area contributed by atoms with Crippen LogP contribution in [0.5, 0.6) is 0 Å². The van der Waals surface area contributed by atoms with E-state index in [1.807, 2.05) is 0 Å². The van der Waals surface area contributed by atoms with Crippen LogP contribution in [-0.2, 0) is 4.12 Å². The predicted octanol–water partition coefficient (Wildman–Crippen LogP) is 4.64. The molecule has 0 spiro atoms. The van der Waals surface area contributed by atoms with Crippen LogP contribution in [0.4, 0.5) is 42.8 Å². The van der Waals surface area contributed by atoms with Crippen molar-refractivity contribution in [3.05, 3.63) is 57.2 Å². The molecule has 0 fully saturated rings. The third-order valence-electron chi connectivity index (χ3n) is 4.58. The molecule has 0 aromatic heterocycles. The zero-order chi connectivity index (χ0) is 22.6. The Hall–Kier alpha value is -1.87. The molecule has 13 heteroatoms. The van der Waals surface area contributed by atoms with Gasteiger partial charge in [-0.15, -0.1) is 0 Å². The minimum absolute atomic E-state index is 0.744. The minimum Gasteiger partial charge on any atom is -0.352 e. The summed E-state index contributed by atoms with van der Waals surface area (Å²) in [5.74, 6) is -13.0. The Morgan fingerprint density at radius 2 is 0.724 bits per heavy atom. The van der Waals surface area contributed by atoms with Crippen LogP contribution in [0.15, 0.2) is 0 Å². The Kier molecular flexibility index (Phi) is 6.00. The first kappa shape index (κ1) is 23.4. The second-order valence-electron chi connectivity index (χ2n) is 6.27. The van der Waals surface area contributed by atoms with Gasteiger partial charge in [0.25, 0.3) is 0 Å². The van der Waals surface area contributed by atoms with Crippen molar-refractivity contribution in [3.8, 4) is 0 Å². The summed E-state index contributed by atoms with van der Waals surface area (Å²) in [6.45, 7) is 3.13. The third kappa shape index (κ3) is 3.70. The van der Waals surface area contributed by atoms with E-state index in [1.54, 1.807) is 0 Å². The van der Waals surface area contributed by atoms with Crippen molar-refractivity contribution < 1.29 is 46.9 Å². The van der Waals surface area contributed by atoms with Gasteiger partial charge in [0.1, 0.15) is 0 Å². The molecule has 0 aliphatic carbocycles. The SMILES string of the molecule is Cc1c(C)c([Si](F)(F)O[Si](F)(F)c2c(C)c(C)c(F)c(F)c2F)c(F)c(F)c1F. The first-order chi connectivity index (χ1) is 13.1. The molecule has 0 amide bonds. The van der Waals surface area contributed by atoms with Crippen molar-refractivity contribution in [2.24, 2.45) is 0 Å². The largest absolute Gasteiger partial charge is 0.610 e. The summed E-state index contributed by atoms with van der Waals surface area (Å²) in [5, 5.41) is -3.75. The van der Waals surface area contributed by atoms with E-state index in [-0.39, 0.29) is 0 Å². The highest BCUT2D eigenvalue weighted by molar-refractivity contribution is 6.87. The first-order valence-electron chi connectivity index (χ1n) is 7.80. The van der Waals surface area contributed by atoms with Crippen molar-refractivity contribution >= 4 is 28.3 Å². The third-order valence-corrected chi connectivity index (χ3v) is 8.99. The maximum Gasteiger partial charge on any atom is 0.610 e. The lowest BCUT2D eigenvalue weighted by atomic mass is 10.1. The van der Waals surface area contributed by atoms with Gasteiger partial charge in [-0.1, -0.05) is 0 Å². The van der Waals surface area contributed by atoms with Crippen molar-refractivity contribution in [1.29, 1.82) is 0 Å². The Balaban J connectivity index is 2.68. The highest BCUT2D eigenvalue weighted by atomic mass is 28.5. The highest BCUT2D eigenvalue weighted by Crippen LogP contribution is 2.28. The van der Waals surface area contributed by atoms with Gasteiger partial charge in [0.05, 0.1) is 10.4 Å². The van der Waals surface area contributed by atoms with Gasteiger partial charge >= 0.3 is 18.0 Å². The molecule has 0 bridgehead atoms. The fraction of sp³-hybridized carbons (Fsp3) is 0.250. The van der Waals surface area contributed by atoms with Gasteiger partial charge in [-0.3, -0.25) is 0 Å². The highest BCUT2D eigenvalue weighted by Gasteiger charge is 2.59. The van der Waals surface area contributed by atoms with Crippen molar-refractivity contribution in [3.63, 3.8) is 0 Å². The van der Waals surface area contributed by atoms with Crippen molar-refractivity contribution in [1.82, 2.24) is 0 Å². The van der Waals surface area contributed by atoms with E-state index in [9.17, 15) is 42.8 Å². The maximum atomic E-state index is 14.5. The molecule has 1 nitrogen and oxygen atoms in total. The van der Waals surface area contributed by atoms with Crippen LogP contribution in [0.3, 0.4) is 0 Å². The zero-order valence-corrected chi connectivity index (χ0v) is 17.2. The summed E-state index contributed by atoms with van der Waals surface area (Å²) in [6, 6.07) is 0. The average Bonchev–Trinajstić information content (AvgIpc) is 2.60. The first-order valence-corrected chi connectivity index (χ1v) is 11.1. The number of rotatable bonds is 4. The summed E-state index contributed by atoms with van der Waals surface area (Å²) in [5.41, 5.74) is -3.24. The average molecular weight is 466 g/mol. The van der Waals surface area contributed by atoms with Gasteiger partial charge in [-0.05, 0) is 49.9 Å². The van der Waals surface area contributed by atoms with Crippen LogP contribution >= 0.6 is 0 Å². The lowest BCUT2D eigenvalue weighted by molar-refractivity contribution is 0.314. The molecule has 2 aromatic rings. The Labute approximate surface area is 160 Å². The molecule has 0 aliphatic rings. The van der Waals surface area contributed by atoms with Gasteiger partial charge in [0, 0.05) is 0 Å². The summed E-state index contributed by atoms with van der Waals surface area (Å²) >= 11 is 0. The molecular weight excluding hydrogens is 454 g/mol. The van der Waals surface area contributed by atoms with Crippen LogP contribution < -0.4 is 10.4 Å². The predicted molar refractivity (Wildman–Crippen MR) is 87.9 cm³/mol. The van der Waals surface area contributed by atoms with Crippen LogP contribution in [-0.4, -0.2) is 18.0 Å². The van der Waals surface area contributed by atoms with Crippen LogP contribution in [0.2, 0.25) is 0 Å². The fourth-order valence-corrected chi connectivity index (χ4v) is 6.81. The van der Waals surface area contributed by atoms with Gasteiger partial charge in [-0.25, -0.2) is 42.8 Å². The number of benzene rings is 2. The molecule has 2 aromatic carbocycles. The Bertz CT molecular complexity index is 869. The van der Waals surface area contributed by atoms with E-state index in [0.29, 0.717) is 0 Å². The molecule has 0 unspecified atom stereocenters. The molecule has 2 rings (SSSR count). The van der Waals surface area contributed by atoms with Gasteiger partial charge in [0.15, 0.2) is 34.9 Å².